The Labute approximate surface area is 135 Å². The molecule has 5 rings (SSSR count). The Morgan fingerprint density at radius 2 is 2.26 bits per heavy atom. The van der Waals surface area contributed by atoms with Crippen molar-refractivity contribution in [2.45, 2.75) is 38.6 Å². The summed E-state index contributed by atoms with van der Waals surface area (Å²) in [6.45, 7) is 4.12. The van der Waals surface area contributed by atoms with Crippen LogP contribution in [0.5, 0.6) is 0 Å². The van der Waals surface area contributed by atoms with Gasteiger partial charge in [0.1, 0.15) is 5.82 Å². The van der Waals surface area contributed by atoms with E-state index in [-0.39, 0.29) is 11.9 Å². The maximum atomic E-state index is 13.5. The van der Waals surface area contributed by atoms with Gasteiger partial charge >= 0.3 is 0 Å². The molecule has 2 aromatic rings. The lowest BCUT2D eigenvalue weighted by molar-refractivity contribution is -0.137. The Morgan fingerprint density at radius 3 is 3.04 bits per heavy atom. The fourth-order valence-electron chi connectivity index (χ4n) is 4.64. The van der Waals surface area contributed by atoms with E-state index in [1.165, 1.54) is 12.5 Å². The molecule has 122 valence electrons. The lowest BCUT2D eigenvalue weighted by Crippen LogP contribution is -2.58. The van der Waals surface area contributed by atoms with Crippen LogP contribution in [-0.4, -0.2) is 34.8 Å². The van der Waals surface area contributed by atoms with Crippen LogP contribution in [0.1, 0.15) is 31.7 Å². The van der Waals surface area contributed by atoms with Gasteiger partial charge in [0.2, 0.25) is 0 Å². The van der Waals surface area contributed by atoms with Gasteiger partial charge in [-0.1, -0.05) is 13.3 Å². The van der Waals surface area contributed by atoms with Gasteiger partial charge in [0.25, 0.3) is 0 Å². The molecule has 3 heterocycles. The van der Waals surface area contributed by atoms with Crippen LogP contribution in [0.4, 0.5) is 4.39 Å². The molecule has 3 aliphatic rings. The summed E-state index contributed by atoms with van der Waals surface area (Å²) in [5.41, 5.74) is 2.12. The van der Waals surface area contributed by atoms with E-state index in [9.17, 15) is 9.18 Å². The highest BCUT2D eigenvalue weighted by Gasteiger charge is 2.44. The van der Waals surface area contributed by atoms with Gasteiger partial charge in [-0.15, -0.1) is 0 Å². The molecule has 2 aliphatic heterocycles. The van der Waals surface area contributed by atoms with Crippen molar-refractivity contribution in [2.24, 2.45) is 11.8 Å². The molecular formula is C19H23FN2O. The maximum absolute atomic E-state index is 13.5. The van der Waals surface area contributed by atoms with Crippen LogP contribution in [0, 0.1) is 17.7 Å². The molecule has 4 heteroatoms. The molecule has 1 aromatic carbocycles. The van der Waals surface area contributed by atoms with Crippen LogP contribution in [0.2, 0.25) is 0 Å². The third-order valence-corrected chi connectivity index (χ3v) is 5.71. The molecule has 1 N–H and O–H groups in total. The zero-order chi connectivity index (χ0) is 16.0. The Bertz CT molecular complexity index is 738. The first-order valence-corrected chi connectivity index (χ1v) is 8.68. The average molecular weight is 314 g/mol. The number of rotatable bonds is 4. The van der Waals surface area contributed by atoms with Crippen LogP contribution in [-0.2, 0) is 11.2 Å². The number of carbonyl (C=O) groups excluding carboxylic acids is 1. The van der Waals surface area contributed by atoms with Gasteiger partial charge in [0, 0.05) is 36.6 Å². The quantitative estimate of drug-likeness (QED) is 0.937. The molecule has 3 unspecified atom stereocenters. The second-order valence-electron chi connectivity index (χ2n) is 7.13. The van der Waals surface area contributed by atoms with Crippen molar-refractivity contribution in [2.75, 3.05) is 13.1 Å². The Balaban J connectivity index is 1.52. The Hall–Kier alpha value is -1.68. The number of ketones is 1. The first-order chi connectivity index (χ1) is 11.2. The molecule has 0 amide bonds. The molecule has 3 nitrogen and oxygen atoms in total. The van der Waals surface area contributed by atoms with Crippen LogP contribution in [0.3, 0.4) is 0 Å². The van der Waals surface area contributed by atoms with E-state index in [0.717, 1.165) is 48.8 Å². The van der Waals surface area contributed by atoms with E-state index in [2.05, 4.69) is 16.8 Å². The zero-order valence-corrected chi connectivity index (χ0v) is 13.5. The highest BCUT2D eigenvalue weighted by molar-refractivity contribution is 5.86. The lowest BCUT2D eigenvalue weighted by atomic mass is 9.71. The van der Waals surface area contributed by atoms with Crippen molar-refractivity contribution < 1.29 is 9.18 Å². The number of aromatic amines is 1. The van der Waals surface area contributed by atoms with Gasteiger partial charge in [0.15, 0.2) is 5.78 Å². The second kappa shape index (κ2) is 5.75. The van der Waals surface area contributed by atoms with Crippen LogP contribution in [0.25, 0.3) is 10.9 Å². The number of hydrogen-bond donors (Lipinski definition) is 1. The monoisotopic (exact) mass is 314 g/mol. The minimum Gasteiger partial charge on any atom is -0.361 e. The van der Waals surface area contributed by atoms with E-state index in [1.807, 2.05) is 6.20 Å². The number of nitrogens with one attached hydrogen (secondary N) is 1. The van der Waals surface area contributed by atoms with Gasteiger partial charge in [-0.25, -0.2) is 4.39 Å². The molecule has 1 saturated carbocycles. The van der Waals surface area contributed by atoms with Crippen molar-refractivity contribution in [3.8, 4) is 0 Å². The molecule has 2 bridgehead atoms. The van der Waals surface area contributed by atoms with E-state index < -0.39 is 0 Å². The lowest BCUT2D eigenvalue weighted by Gasteiger charge is -2.48. The minimum absolute atomic E-state index is 0.118. The van der Waals surface area contributed by atoms with Crippen molar-refractivity contribution in [1.29, 1.82) is 0 Å². The molecule has 3 atom stereocenters. The number of Topliss-reactive ketones (excluding diaryl/α,β-unsaturated/α-hetero) is 1. The van der Waals surface area contributed by atoms with Gasteiger partial charge in [-0.2, -0.15) is 0 Å². The summed E-state index contributed by atoms with van der Waals surface area (Å²) in [4.78, 5) is 18.0. The topological polar surface area (TPSA) is 36.1 Å². The molecule has 3 fully saturated rings. The summed E-state index contributed by atoms with van der Waals surface area (Å²) in [5, 5.41) is 0.963. The molecule has 0 radical (unpaired) electrons. The van der Waals surface area contributed by atoms with E-state index in [4.69, 9.17) is 0 Å². The Morgan fingerprint density at radius 1 is 1.39 bits per heavy atom. The summed E-state index contributed by atoms with van der Waals surface area (Å²) in [6.07, 6.45) is 5.90. The summed E-state index contributed by atoms with van der Waals surface area (Å²) >= 11 is 0. The van der Waals surface area contributed by atoms with E-state index >= 15 is 0 Å². The normalized spacial score (nSPS) is 27.9. The number of nitrogens with zero attached hydrogens (tertiary/aromatic N) is 1. The number of hydrogen-bond acceptors (Lipinski definition) is 2. The number of piperidine rings is 2. The predicted octanol–water partition coefficient (Wildman–Crippen LogP) is 3.54. The first kappa shape index (κ1) is 14.9. The van der Waals surface area contributed by atoms with Crippen molar-refractivity contribution >= 4 is 16.7 Å². The Kier molecular flexibility index (Phi) is 3.72. The molecule has 1 aliphatic carbocycles. The van der Waals surface area contributed by atoms with Crippen molar-refractivity contribution in [1.82, 2.24) is 9.88 Å². The van der Waals surface area contributed by atoms with Gasteiger partial charge < -0.3 is 4.98 Å². The minimum atomic E-state index is -0.198. The van der Waals surface area contributed by atoms with Gasteiger partial charge in [-0.3, -0.25) is 9.69 Å². The number of halogens is 1. The van der Waals surface area contributed by atoms with Crippen molar-refractivity contribution in [3.63, 3.8) is 0 Å². The fraction of sp³-hybridized carbons (Fsp3) is 0.526. The number of H-pyrrole nitrogens is 1. The average Bonchev–Trinajstić information content (AvgIpc) is 2.94. The molecule has 1 aromatic heterocycles. The molecular weight excluding hydrogens is 291 g/mol. The highest BCUT2D eigenvalue weighted by Crippen LogP contribution is 2.38. The largest absolute Gasteiger partial charge is 0.361 e. The first-order valence-electron chi connectivity index (χ1n) is 8.68. The highest BCUT2D eigenvalue weighted by atomic mass is 19.1. The van der Waals surface area contributed by atoms with Crippen LogP contribution >= 0.6 is 0 Å². The summed E-state index contributed by atoms with van der Waals surface area (Å²) in [5.74, 6) is 1.30. The maximum Gasteiger partial charge on any atom is 0.150 e. The fourth-order valence-corrected chi connectivity index (χ4v) is 4.64. The molecule has 2 saturated heterocycles. The zero-order valence-electron chi connectivity index (χ0n) is 13.5. The van der Waals surface area contributed by atoms with E-state index in [0.29, 0.717) is 17.6 Å². The van der Waals surface area contributed by atoms with Crippen LogP contribution < -0.4 is 0 Å². The standard InChI is InChI=1S/C19H23FN2O/c1-2-13-7-12-8-18(23)19(13)22(11-12)6-5-14-10-21-17-4-3-15(20)9-16(14)17/h3-4,9-10,12-13,19,21H,2,5-8,11H2,1H3. The van der Waals surface area contributed by atoms with Crippen LogP contribution in [0.15, 0.2) is 24.4 Å². The summed E-state index contributed by atoms with van der Waals surface area (Å²) in [6, 6.07) is 4.99. The summed E-state index contributed by atoms with van der Waals surface area (Å²) in [7, 11) is 0. The number of carbonyl (C=O) groups is 1. The number of benzene rings is 1. The predicted molar refractivity (Wildman–Crippen MR) is 88.8 cm³/mol. The third-order valence-electron chi connectivity index (χ3n) is 5.71. The second-order valence-corrected chi connectivity index (χ2v) is 7.13. The van der Waals surface area contributed by atoms with E-state index in [1.54, 1.807) is 12.1 Å². The third kappa shape index (κ3) is 2.59. The SMILES string of the molecule is CCC1CC2CC(=O)C1N(CCc1c[nH]c3ccc(F)cc13)C2. The van der Waals surface area contributed by atoms with Gasteiger partial charge in [-0.05, 0) is 48.4 Å². The number of aromatic nitrogens is 1. The molecule has 0 spiro atoms. The summed E-state index contributed by atoms with van der Waals surface area (Å²) < 4.78 is 13.5. The smallest absolute Gasteiger partial charge is 0.150 e. The molecule has 23 heavy (non-hydrogen) atoms. The van der Waals surface area contributed by atoms with Crippen molar-refractivity contribution in [3.05, 3.63) is 35.8 Å². The number of fused-ring (bicyclic) bond motifs is 4. The van der Waals surface area contributed by atoms with Gasteiger partial charge in [0.05, 0.1) is 6.04 Å².